The van der Waals surface area contributed by atoms with E-state index in [0.29, 0.717) is 46.7 Å². The summed E-state index contributed by atoms with van der Waals surface area (Å²) < 4.78 is 16.7. The minimum absolute atomic E-state index is 0.0611. The molecule has 1 aromatic rings. The fourth-order valence-corrected chi connectivity index (χ4v) is 4.49. The van der Waals surface area contributed by atoms with Crippen molar-refractivity contribution in [2.45, 2.75) is 46.1 Å². The molecule has 2 aliphatic rings. The Morgan fingerprint density at radius 1 is 1.30 bits per heavy atom. The third-order valence-electron chi connectivity index (χ3n) is 4.96. The zero-order chi connectivity index (χ0) is 21.7. The van der Waals surface area contributed by atoms with Crippen molar-refractivity contribution in [3.05, 3.63) is 35.0 Å². The highest BCUT2D eigenvalue weighted by molar-refractivity contribution is 8.14. The molecule has 162 valence electrons. The third kappa shape index (κ3) is 4.48. The van der Waals surface area contributed by atoms with Crippen LogP contribution in [0.4, 0.5) is 0 Å². The number of hydrogen-bond donors (Lipinski definition) is 0. The normalized spacial score (nSPS) is 18.7. The van der Waals surface area contributed by atoms with Crippen LogP contribution >= 0.6 is 11.8 Å². The molecule has 8 heteroatoms. The Labute approximate surface area is 181 Å². The summed E-state index contributed by atoms with van der Waals surface area (Å²) in [7, 11) is 1.58. The molecule has 1 unspecified atom stereocenters. The summed E-state index contributed by atoms with van der Waals surface area (Å²) in [5.74, 6) is 1.35. The summed E-state index contributed by atoms with van der Waals surface area (Å²) in [5.41, 5.74) is 1.69. The number of ether oxygens (including phenoxy) is 3. The van der Waals surface area contributed by atoms with Crippen molar-refractivity contribution in [3.63, 3.8) is 0 Å². The highest BCUT2D eigenvalue weighted by Crippen LogP contribution is 2.42. The molecule has 1 amide bonds. The van der Waals surface area contributed by atoms with Crippen LogP contribution in [0.15, 0.2) is 34.5 Å². The molecule has 7 nitrogen and oxygen atoms in total. The third-order valence-corrected chi connectivity index (χ3v) is 5.92. The maximum absolute atomic E-state index is 12.8. The minimum atomic E-state index is -0.615. The number of aliphatic imine (C=N–C) groups is 1. The number of methoxy groups -OCH3 is 1. The Kier molecular flexibility index (Phi) is 7.42. The van der Waals surface area contributed by atoms with Crippen LogP contribution in [0.25, 0.3) is 0 Å². The first-order valence-corrected chi connectivity index (χ1v) is 11.2. The van der Waals surface area contributed by atoms with Gasteiger partial charge in [0.2, 0.25) is 5.91 Å². The molecule has 1 fully saturated rings. The standard InChI is InChI=1S/C22H28N2O5S/c1-5-7-11-29-16-9-8-15(13-17(16)27-4)20-19(21(26)28-6-2)14(3)23-22-24(20)18(25)10-12-30-22/h8-9,13,20H,5-7,10-12H2,1-4H3. The molecule has 0 bridgehead atoms. The van der Waals surface area contributed by atoms with E-state index >= 15 is 0 Å². The number of amides is 1. The van der Waals surface area contributed by atoms with Gasteiger partial charge in [0.05, 0.1) is 37.6 Å². The monoisotopic (exact) mass is 432 g/mol. The summed E-state index contributed by atoms with van der Waals surface area (Å²) >= 11 is 1.52. The van der Waals surface area contributed by atoms with Crippen LogP contribution < -0.4 is 9.47 Å². The predicted octanol–water partition coefficient (Wildman–Crippen LogP) is 4.09. The lowest BCUT2D eigenvalue weighted by Gasteiger charge is -2.39. The van der Waals surface area contributed by atoms with Gasteiger partial charge in [-0.05, 0) is 38.0 Å². The Balaban J connectivity index is 2.06. The van der Waals surface area contributed by atoms with Gasteiger partial charge in [-0.25, -0.2) is 9.79 Å². The van der Waals surface area contributed by atoms with E-state index in [4.69, 9.17) is 14.2 Å². The van der Waals surface area contributed by atoms with Crippen LogP contribution in [0.1, 0.15) is 51.6 Å². The summed E-state index contributed by atoms with van der Waals surface area (Å²) in [6.45, 7) is 6.48. The molecule has 3 rings (SSSR count). The number of carbonyl (C=O) groups excluding carboxylic acids is 2. The van der Waals surface area contributed by atoms with Crippen molar-refractivity contribution in [2.24, 2.45) is 4.99 Å². The number of benzene rings is 1. The van der Waals surface area contributed by atoms with E-state index in [0.717, 1.165) is 18.4 Å². The van der Waals surface area contributed by atoms with Gasteiger partial charge in [0, 0.05) is 12.2 Å². The average molecular weight is 433 g/mol. The number of thioether (sulfide) groups is 1. The molecular weight excluding hydrogens is 404 g/mol. The summed E-state index contributed by atoms with van der Waals surface area (Å²) in [6, 6.07) is 4.91. The molecule has 0 radical (unpaired) electrons. The van der Waals surface area contributed by atoms with Crippen LogP contribution in [0.3, 0.4) is 0 Å². The van der Waals surface area contributed by atoms with E-state index < -0.39 is 12.0 Å². The molecule has 0 aliphatic carbocycles. The van der Waals surface area contributed by atoms with Gasteiger partial charge in [-0.3, -0.25) is 9.69 Å². The Bertz CT molecular complexity index is 880. The van der Waals surface area contributed by atoms with E-state index in [9.17, 15) is 9.59 Å². The number of carbonyl (C=O) groups is 2. The minimum Gasteiger partial charge on any atom is -0.493 e. The molecule has 2 aliphatic heterocycles. The topological polar surface area (TPSA) is 77.4 Å². The van der Waals surface area contributed by atoms with Gasteiger partial charge in [-0.1, -0.05) is 31.2 Å². The number of allylic oxidation sites excluding steroid dienone is 1. The lowest BCUT2D eigenvalue weighted by atomic mass is 9.94. The molecule has 0 spiro atoms. The van der Waals surface area contributed by atoms with Crippen molar-refractivity contribution in [3.8, 4) is 11.5 Å². The molecule has 1 saturated heterocycles. The number of nitrogens with zero attached hydrogens (tertiary/aromatic N) is 2. The number of esters is 1. The number of amidine groups is 1. The molecular formula is C22H28N2O5S. The fraction of sp³-hybridized carbons (Fsp3) is 0.500. The maximum Gasteiger partial charge on any atom is 0.338 e. The molecule has 1 atom stereocenters. The van der Waals surface area contributed by atoms with Crippen molar-refractivity contribution in [1.29, 1.82) is 0 Å². The lowest BCUT2D eigenvalue weighted by molar-refractivity contribution is -0.139. The molecule has 0 aromatic heterocycles. The van der Waals surface area contributed by atoms with Gasteiger partial charge >= 0.3 is 5.97 Å². The summed E-state index contributed by atoms with van der Waals surface area (Å²) in [6.07, 6.45) is 2.37. The van der Waals surface area contributed by atoms with Crippen LogP contribution in [0.5, 0.6) is 11.5 Å². The van der Waals surface area contributed by atoms with E-state index in [1.165, 1.54) is 11.8 Å². The highest BCUT2D eigenvalue weighted by atomic mass is 32.2. The van der Waals surface area contributed by atoms with E-state index in [1.807, 2.05) is 18.2 Å². The number of rotatable bonds is 8. The second-order valence-electron chi connectivity index (χ2n) is 6.99. The molecule has 0 N–H and O–H groups in total. The van der Waals surface area contributed by atoms with E-state index in [2.05, 4.69) is 11.9 Å². The van der Waals surface area contributed by atoms with Gasteiger partial charge in [0.15, 0.2) is 16.7 Å². The van der Waals surface area contributed by atoms with Gasteiger partial charge in [-0.2, -0.15) is 0 Å². The maximum atomic E-state index is 12.8. The zero-order valence-corrected chi connectivity index (χ0v) is 18.7. The van der Waals surface area contributed by atoms with Gasteiger partial charge < -0.3 is 14.2 Å². The van der Waals surface area contributed by atoms with Crippen LogP contribution in [0, 0.1) is 0 Å². The molecule has 2 heterocycles. The van der Waals surface area contributed by atoms with Crippen LogP contribution in [-0.4, -0.2) is 48.0 Å². The smallest absolute Gasteiger partial charge is 0.338 e. The van der Waals surface area contributed by atoms with Gasteiger partial charge in [0.25, 0.3) is 0 Å². The second-order valence-corrected chi connectivity index (χ2v) is 8.05. The number of unbranched alkanes of at least 4 members (excludes halogenated alkanes) is 1. The quantitative estimate of drug-likeness (QED) is 0.455. The lowest BCUT2D eigenvalue weighted by Crippen LogP contribution is -2.45. The Morgan fingerprint density at radius 3 is 2.80 bits per heavy atom. The van der Waals surface area contributed by atoms with Gasteiger partial charge in [-0.15, -0.1) is 0 Å². The van der Waals surface area contributed by atoms with Crippen molar-refractivity contribution in [1.82, 2.24) is 4.90 Å². The molecule has 30 heavy (non-hydrogen) atoms. The van der Waals surface area contributed by atoms with Gasteiger partial charge in [0.1, 0.15) is 0 Å². The predicted molar refractivity (Wildman–Crippen MR) is 117 cm³/mol. The van der Waals surface area contributed by atoms with Crippen molar-refractivity contribution < 1.29 is 23.8 Å². The van der Waals surface area contributed by atoms with Crippen molar-refractivity contribution in [2.75, 3.05) is 26.1 Å². The molecule has 0 saturated carbocycles. The first-order valence-electron chi connectivity index (χ1n) is 10.2. The fourth-order valence-electron chi connectivity index (χ4n) is 3.48. The summed E-state index contributed by atoms with van der Waals surface area (Å²) in [4.78, 5) is 31.8. The molecule has 1 aromatic carbocycles. The first kappa shape index (κ1) is 22.2. The number of fused-ring (bicyclic) bond motifs is 1. The SMILES string of the molecule is CCCCOc1ccc(C2C(C(=O)OCC)=C(C)N=C3SCCC(=O)N32)cc1OC. The zero-order valence-electron chi connectivity index (χ0n) is 17.9. The second kappa shape index (κ2) is 10.0. The van der Waals surface area contributed by atoms with Crippen molar-refractivity contribution >= 4 is 28.8 Å². The first-order chi connectivity index (χ1) is 14.5. The Morgan fingerprint density at radius 2 is 2.10 bits per heavy atom. The number of hydrogen-bond acceptors (Lipinski definition) is 7. The largest absolute Gasteiger partial charge is 0.493 e. The van der Waals surface area contributed by atoms with E-state index in [1.54, 1.807) is 25.9 Å². The van der Waals surface area contributed by atoms with E-state index in [-0.39, 0.29) is 12.5 Å². The van der Waals surface area contributed by atoms with Crippen LogP contribution in [0.2, 0.25) is 0 Å². The van der Waals surface area contributed by atoms with Crippen LogP contribution in [-0.2, 0) is 14.3 Å². The summed E-state index contributed by atoms with van der Waals surface area (Å²) in [5, 5.41) is 0.615. The highest BCUT2D eigenvalue weighted by Gasteiger charge is 2.41. The average Bonchev–Trinajstić information content (AvgIpc) is 2.73. The Hall–Kier alpha value is -2.48.